The van der Waals surface area contributed by atoms with Gasteiger partial charge in [-0.3, -0.25) is 18.7 Å². The Morgan fingerprint density at radius 2 is 0.812 bits per heavy atom. The standard InChI is InChI=1S/C38H24N6O18S2/c45-31-21-7-3-19(9-17(21)13-27(63(57,58)59)29(31)43-41-25-11-15(35(49)50)1-5-23(25)37(53)54)39-33(47)34(48)40-20-4-8-22-18(10-20)14-28(64(60,61)62)30(32(22)46)44-42-26-12-16(36(51)52)2-6-24(26)38(55)56/h1-14,45-46H,(H,39,47)(H,40,48)(H,49,50)(H,51,52)(H,53,54)(H,55,56)(H,57,58,59)(H,60,61,62). The normalized spacial score (nSPS) is 11.8. The highest BCUT2D eigenvalue weighted by Gasteiger charge is 2.26. The number of nitrogens with one attached hydrogen (secondary N) is 2. The molecule has 0 heterocycles. The van der Waals surface area contributed by atoms with E-state index >= 15 is 0 Å². The van der Waals surface area contributed by atoms with Gasteiger partial charge in [0.1, 0.15) is 32.5 Å². The Bertz CT molecular complexity index is 3150. The molecule has 326 valence electrons. The number of carboxylic acids is 4. The summed E-state index contributed by atoms with van der Waals surface area (Å²) >= 11 is 0. The summed E-state index contributed by atoms with van der Waals surface area (Å²) in [5.41, 5.74) is -5.12. The fraction of sp³-hybridized carbons (Fsp3) is 0. The van der Waals surface area contributed by atoms with Crippen molar-refractivity contribution < 1.29 is 85.3 Å². The summed E-state index contributed by atoms with van der Waals surface area (Å²) in [5, 5.41) is 77.8. The van der Waals surface area contributed by atoms with Gasteiger partial charge in [-0.2, -0.15) is 16.8 Å². The Morgan fingerprint density at radius 3 is 1.12 bits per heavy atom. The molecule has 26 heteroatoms. The van der Waals surface area contributed by atoms with Crippen molar-refractivity contribution in [2.45, 2.75) is 9.79 Å². The van der Waals surface area contributed by atoms with Crippen molar-refractivity contribution in [1.82, 2.24) is 0 Å². The van der Waals surface area contributed by atoms with Crippen LogP contribution in [0.3, 0.4) is 0 Å². The maximum Gasteiger partial charge on any atom is 0.337 e. The van der Waals surface area contributed by atoms with Crippen molar-refractivity contribution in [2.75, 3.05) is 10.6 Å². The minimum atomic E-state index is -5.22. The maximum atomic E-state index is 13.0. The molecule has 2 amide bonds. The van der Waals surface area contributed by atoms with Crippen LogP contribution in [-0.4, -0.2) is 92.3 Å². The number of carbonyl (C=O) groups is 6. The number of aromatic hydroxyl groups is 2. The molecule has 0 saturated heterocycles. The van der Waals surface area contributed by atoms with Crippen LogP contribution in [0.2, 0.25) is 0 Å². The fourth-order valence-electron chi connectivity index (χ4n) is 5.89. The van der Waals surface area contributed by atoms with Crippen LogP contribution in [0.15, 0.2) is 115 Å². The average Bonchev–Trinajstić information content (AvgIpc) is 3.21. The second-order valence-electron chi connectivity index (χ2n) is 13.0. The monoisotopic (exact) mass is 916 g/mol. The second kappa shape index (κ2) is 17.0. The van der Waals surface area contributed by atoms with Crippen molar-refractivity contribution in [3.63, 3.8) is 0 Å². The van der Waals surface area contributed by atoms with Crippen molar-refractivity contribution >= 4 is 112 Å². The van der Waals surface area contributed by atoms with E-state index in [0.29, 0.717) is 0 Å². The Balaban J connectivity index is 1.27. The first-order valence-electron chi connectivity index (χ1n) is 17.2. The Hall–Kier alpha value is -8.72. The summed E-state index contributed by atoms with van der Waals surface area (Å²) in [5.74, 6) is -10.5. The molecule has 0 aliphatic carbocycles. The quantitative estimate of drug-likeness (QED) is 0.0376. The molecular weight excluding hydrogens is 893 g/mol. The van der Waals surface area contributed by atoms with Gasteiger partial charge in [0.15, 0.2) is 11.5 Å². The number of nitrogens with zero attached hydrogens (tertiary/aromatic N) is 4. The molecule has 0 fully saturated rings. The lowest BCUT2D eigenvalue weighted by Gasteiger charge is -2.12. The molecule has 0 aliphatic heterocycles. The Morgan fingerprint density at radius 1 is 0.453 bits per heavy atom. The summed E-state index contributed by atoms with van der Waals surface area (Å²) in [4.78, 5) is 70.0. The number of hydrogen-bond acceptors (Lipinski definition) is 16. The van der Waals surface area contributed by atoms with Crippen LogP contribution in [0, 0.1) is 0 Å². The van der Waals surface area contributed by atoms with Gasteiger partial charge in [-0.1, -0.05) is 0 Å². The smallest absolute Gasteiger partial charge is 0.337 e. The summed E-state index contributed by atoms with van der Waals surface area (Å²) in [6, 6.07) is 13.7. The van der Waals surface area contributed by atoms with Gasteiger partial charge in [-0.25, -0.2) is 19.2 Å². The van der Waals surface area contributed by atoms with Crippen LogP contribution < -0.4 is 10.6 Å². The zero-order chi connectivity index (χ0) is 47.0. The van der Waals surface area contributed by atoms with Crippen molar-refractivity contribution in [3.8, 4) is 11.5 Å². The number of anilines is 2. The molecule has 24 nitrogen and oxygen atoms in total. The molecule has 0 unspecified atom stereocenters. The minimum Gasteiger partial charge on any atom is -0.505 e. The van der Waals surface area contributed by atoms with Gasteiger partial charge >= 0.3 is 35.7 Å². The summed E-state index contributed by atoms with van der Waals surface area (Å²) in [6.07, 6.45) is 0. The molecule has 0 spiro atoms. The lowest BCUT2D eigenvalue weighted by atomic mass is 10.1. The van der Waals surface area contributed by atoms with E-state index in [2.05, 4.69) is 31.1 Å². The van der Waals surface area contributed by atoms with Crippen LogP contribution in [-0.2, 0) is 29.8 Å². The SMILES string of the molecule is O=C(Nc1ccc2c(O)c(N=Nc3cc(C(=O)O)ccc3C(=O)O)c(S(=O)(=O)O)cc2c1)C(=O)Nc1ccc2c(O)c(N=Nc3cc(C(=O)O)ccc3C(=O)O)c(S(=O)(=O)O)cc2c1. The highest BCUT2D eigenvalue weighted by molar-refractivity contribution is 7.86. The van der Waals surface area contributed by atoms with E-state index in [-0.39, 0.29) is 32.9 Å². The predicted molar refractivity (Wildman–Crippen MR) is 217 cm³/mol. The van der Waals surface area contributed by atoms with Crippen LogP contribution >= 0.6 is 0 Å². The van der Waals surface area contributed by atoms with Crippen LogP contribution in [0.1, 0.15) is 41.4 Å². The van der Waals surface area contributed by atoms with Gasteiger partial charge in [0.05, 0.1) is 22.3 Å². The van der Waals surface area contributed by atoms with E-state index in [1.165, 1.54) is 0 Å². The first-order valence-corrected chi connectivity index (χ1v) is 20.0. The molecule has 0 aliphatic rings. The zero-order valence-electron chi connectivity index (χ0n) is 31.3. The number of hydrogen-bond donors (Lipinski definition) is 10. The van der Waals surface area contributed by atoms with Crippen molar-refractivity contribution in [2.24, 2.45) is 20.5 Å². The van der Waals surface area contributed by atoms with Gasteiger partial charge in [0, 0.05) is 22.1 Å². The number of phenolic OH excluding ortho intramolecular Hbond substituents is 2. The number of phenols is 2. The Kier molecular flexibility index (Phi) is 11.9. The average molecular weight is 917 g/mol. The van der Waals surface area contributed by atoms with E-state index in [9.17, 15) is 85.3 Å². The molecule has 10 N–H and O–H groups in total. The largest absolute Gasteiger partial charge is 0.505 e. The van der Waals surface area contributed by atoms with Gasteiger partial charge in [-0.05, 0) is 95.7 Å². The van der Waals surface area contributed by atoms with Gasteiger partial charge in [0.2, 0.25) is 0 Å². The molecule has 64 heavy (non-hydrogen) atoms. The molecule has 0 bridgehead atoms. The third-order valence-electron chi connectivity index (χ3n) is 8.85. The topological polar surface area (TPSA) is 406 Å². The highest BCUT2D eigenvalue weighted by atomic mass is 32.2. The molecule has 6 aromatic rings. The van der Waals surface area contributed by atoms with E-state index in [0.717, 1.165) is 84.9 Å². The van der Waals surface area contributed by atoms with Crippen LogP contribution in [0.5, 0.6) is 11.5 Å². The van der Waals surface area contributed by atoms with Crippen LogP contribution in [0.25, 0.3) is 21.5 Å². The summed E-state index contributed by atoms with van der Waals surface area (Å²) < 4.78 is 69.5. The van der Waals surface area contributed by atoms with Crippen LogP contribution in [0.4, 0.5) is 34.1 Å². The summed E-state index contributed by atoms with van der Waals surface area (Å²) in [7, 11) is -10.4. The lowest BCUT2D eigenvalue weighted by Crippen LogP contribution is -2.29. The number of carbonyl (C=O) groups excluding carboxylic acids is 2. The minimum absolute atomic E-state index is 0.160. The molecule has 0 atom stereocenters. The van der Waals surface area contributed by atoms with E-state index in [1.54, 1.807) is 0 Å². The fourth-order valence-corrected chi connectivity index (χ4v) is 7.20. The number of azo groups is 2. The number of amides is 2. The van der Waals surface area contributed by atoms with Gasteiger partial charge in [0.25, 0.3) is 20.2 Å². The van der Waals surface area contributed by atoms with Gasteiger partial charge < -0.3 is 41.3 Å². The Labute approximate surface area is 355 Å². The third kappa shape index (κ3) is 9.28. The molecule has 6 aromatic carbocycles. The van der Waals surface area contributed by atoms with Crippen molar-refractivity contribution in [3.05, 3.63) is 107 Å². The second-order valence-corrected chi connectivity index (χ2v) is 15.7. The number of aromatic carboxylic acids is 4. The molecular formula is C38H24N6O18S2. The molecule has 0 aromatic heterocycles. The number of benzene rings is 6. The zero-order valence-corrected chi connectivity index (χ0v) is 33.0. The highest BCUT2D eigenvalue weighted by Crippen LogP contribution is 2.44. The number of rotatable bonds is 12. The van der Waals surface area contributed by atoms with Gasteiger partial charge in [-0.15, -0.1) is 20.5 Å². The number of fused-ring (bicyclic) bond motifs is 2. The molecule has 0 radical (unpaired) electrons. The summed E-state index contributed by atoms with van der Waals surface area (Å²) in [6.45, 7) is 0. The molecule has 0 saturated carbocycles. The lowest BCUT2D eigenvalue weighted by molar-refractivity contribution is -0.132. The predicted octanol–water partition coefficient (Wildman–Crippen LogP) is 6.10. The van der Waals surface area contributed by atoms with E-state index in [1.807, 2.05) is 0 Å². The van der Waals surface area contributed by atoms with E-state index in [4.69, 9.17) is 0 Å². The third-order valence-corrected chi connectivity index (χ3v) is 10.6. The first kappa shape index (κ1) is 44.8. The van der Waals surface area contributed by atoms with E-state index < -0.39 is 122 Å². The maximum absolute atomic E-state index is 13.0. The molecule has 6 rings (SSSR count). The van der Waals surface area contributed by atoms with Crippen molar-refractivity contribution in [1.29, 1.82) is 0 Å². The first-order chi connectivity index (χ1) is 29.9. The number of carboxylic acid groups (broad SMARTS) is 4.